The predicted molar refractivity (Wildman–Crippen MR) is 120 cm³/mol. The van der Waals surface area contributed by atoms with Gasteiger partial charge in [0, 0.05) is 36.4 Å². The van der Waals surface area contributed by atoms with Crippen molar-refractivity contribution in [3.05, 3.63) is 71.4 Å². The molecular formula is C26H27NO4. The van der Waals surface area contributed by atoms with E-state index in [4.69, 9.17) is 9.47 Å². The zero-order valence-corrected chi connectivity index (χ0v) is 18.0. The largest absolute Gasteiger partial charge is 0.463 e. The molecule has 2 aromatic rings. The Bertz CT molecular complexity index is 1020. The van der Waals surface area contributed by atoms with E-state index in [2.05, 4.69) is 17.1 Å². The maximum atomic E-state index is 13.0. The molecule has 2 aromatic carbocycles. The highest BCUT2D eigenvalue weighted by atomic mass is 16.6. The third-order valence-electron chi connectivity index (χ3n) is 6.00. The summed E-state index contributed by atoms with van der Waals surface area (Å²) < 4.78 is 10.5. The molecule has 4 rings (SSSR count). The van der Waals surface area contributed by atoms with Gasteiger partial charge in [-0.2, -0.15) is 0 Å². The van der Waals surface area contributed by atoms with Gasteiger partial charge in [0.25, 0.3) is 0 Å². The van der Waals surface area contributed by atoms with Crippen LogP contribution in [0.1, 0.15) is 37.7 Å². The highest BCUT2D eigenvalue weighted by Gasteiger charge is 2.43. The highest BCUT2D eigenvalue weighted by Crippen LogP contribution is 2.43. The van der Waals surface area contributed by atoms with E-state index in [1.165, 1.54) is 0 Å². The van der Waals surface area contributed by atoms with Gasteiger partial charge in [0.15, 0.2) is 5.78 Å². The minimum atomic E-state index is -0.611. The number of ketones is 1. The number of carbonyl (C=O) groups is 2. The van der Waals surface area contributed by atoms with Crippen molar-refractivity contribution >= 4 is 17.5 Å². The fourth-order valence-electron chi connectivity index (χ4n) is 4.50. The molecule has 0 N–H and O–H groups in total. The van der Waals surface area contributed by atoms with Crippen molar-refractivity contribution < 1.29 is 19.1 Å². The standard InChI is InChI=1S/C26H27NO4/c1-17-23(26(29)31-16-15-30-2)24(25-21(27-17)9-6-10-22(25)28)20-13-11-19(12-14-20)18-7-4-3-5-8-18/h3-5,7-8,11-14,23-24H,6,9-10,15-16H2,1-2H3/t23?,24-/m1/s1. The van der Waals surface area contributed by atoms with Crippen LogP contribution in [0.5, 0.6) is 0 Å². The molecule has 0 bridgehead atoms. The number of hydrogen-bond acceptors (Lipinski definition) is 5. The van der Waals surface area contributed by atoms with Crippen LogP contribution in [-0.4, -0.2) is 37.8 Å². The van der Waals surface area contributed by atoms with E-state index in [-0.39, 0.29) is 24.3 Å². The molecule has 1 aliphatic carbocycles. The number of benzene rings is 2. The number of carbonyl (C=O) groups excluding carboxylic acids is 2. The SMILES string of the molecule is COCCOC(=O)C1C(C)=NC2=C(C(=O)CCC2)[C@@H]1c1ccc(-c2ccccc2)cc1. The van der Waals surface area contributed by atoms with E-state index < -0.39 is 5.92 Å². The minimum absolute atomic E-state index is 0.0873. The number of ether oxygens (including phenoxy) is 2. The minimum Gasteiger partial charge on any atom is -0.463 e. The van der Waals surface area contributed by atoms with Crippen molar-refractivity contribution in [2.75, 3.05) is 20.3 Å². The smallest absolute Gasteiger partial charge is 0.315 e. The van der Waals surface area contributed by atoms with Gasteiger partial charge in [-0.1, -0.05) is 54.6 Å². The molecule has 0 saturated carbocycles. The van der Waals surface area contributed by atoms with E-state index in [9.17, 15) is 9.59 Å². The van der Waals surface area contributed by atoms with Crippen molar-refractivity contribution in [2.45, 2.75) is 32.1 Å². The second-order valence-corrected chi connectivity index (χ2v) is 7.99. The molecule has 0 amide bonds. The Hall–Kier alpha value is -3.05. The van der Waals surface area contributed by atoms with Crippen LogP contribution >= 0.6 is 0 Å². The molecule has 160 valence electrons. The van der Waals surface area contributed by atoms with Crippen molar-refractivity contribution in [3.8, 4) is 11.1 Å². The molecule has 1 heterocycles. The number of methoxy groups -OCH3 is 1. The zero-order valence-electron chi connectivity index (χ0n) is 18.0. The number of aliphatic imine (C=N–C) groups is 1. The molecule has 1 unspecified atom stereocenters. The first-order valence-corrected chi connectivity index (χ1v) is 10.7. The van der Waals surface area contributed by atoms with Gasteiger partial charge in [-0.15, -0.1) is 0 Å². The molecule has 5 heteroatoms. The van der Waals surface area contributed by atoms with Crippen LogP contribution in [0, 0.1) is 5.92 Å². The average Bonchev–Trinajstić information content (AvgIpc) is 2.79. The van der Waals surface area contributed by atoms with E-state index >= 15 is 0 Å². The summed E-state index contributed by atoms with van der Waals surface area (Å²) in [5, 5.41) is 0. The molecule has 0 spiro atoms. The molecule has 31 heavy (non-hydrogen) atoms. The molecule has 0 saturated heterocycles. The lowest BCUT2D eigenvalue weighted by Crippen LogP contribution is -2.37. The fourth-order valence-corrected chi connectivity index (χ4v) is 4.50. The summed E-state index contributed by atoms with van der Waals surface area (Å²) in [6.45, 7) is 2.37. The monoisotopic (exact) mass is 417 g/mol. The Balaban J connectivity index is 1.72. The summed E-state index contributed by atoms with van der Waals surface area (Å²) in [7, 11) is 1.57. The lowest BCUT2D eigenvalue weighted by Gasteiger charge is -2.34. The summed E-state index contributed by atoms with van der Waals surface area (Å²) in [5.41, 5.74) is 5.36. The summed E-state index contributed by atoms with van der Waals surface area (Å²) in [5.74, 6) is -1.26. The molecule has 0 aromatic heterocycles. The van der Waals surface area contributed by atoms with Gasteiger partial charge in [-0.05, 0) is 36.5 Å². The second-order valence-electron chi connectivity index (χ2n) is 7.99. The fraction of sp³-hybridized carbons (Fsp3) is 0.346. The topological polar surface area (TPSA) is 65.0 Å². The molecule has 1 aliphatic heterocycles. The molecule has 0 fully saturated rings. The first-order chi connectivity index (χ1) is 15.1. The number of Topliss-reactive ketones (excluding diaryl/α,β-unsaturated/α-hetero) is 1. The lowest BCUT2D eigenvalue weighted by atomic mass is 9.71. The molecular weight excluding hydrogens is 390 g/mol. The quantitative estimate of drug-likeness (QED) is 0.504. The summed E-state index contributed by atoms with van der Waals surface area (Å²) in [6.07, 6.45) is 2.07. The number of rotatable bonds is 6. The average molecular weight is 418 g/mol. The zero-order chi connectivity index (χ0) is 21.8. The number of nitrogens with zero attached hydrogens (tertiary/aromatic N) is 1. The van der Waals surface area contributed by atoms with Crippen LogP contribution in [0.4, 0.5) is 0 Å². The summed E-state index contributed by atoms with van der Waals surface area (Å²) >= 11 is 0. The van der Waals surface area contributed by atoms with Gasteiger partial charge >= 0.3 is 5.97 Å². The Labute approximate surface area is 182 Å². The number of esters is 1. The van der Waals surface area contributed by atoms with Gasteiger partial charge in [-0.3, -0.25) is 14.6 Å². The first-order valence-electron chi connectivity index (χ1n) is 10.7. The number of allylic oxidation sites excluding steroid dienone is 2. The lowest BCUT2D eigenvalue weighted by molar-refractivity contribution is -0.147. The second kappa shape index (κ2) is 9.40. The van der Waals surface area contributed by atoms with Crippen LogP contribution in [0.3, 0.4) is 0 Å². The molecule has 2 aliphatic rings. The Morgan fingerprint density at radius 1 is 1.00 bits per heavy atom. The third-order valence-corrected chi connectivity index (χ3v) is 6.00. The summed E-state index contributed by atoms with van der Waals surface area (Å²) in [6, 6.07) is 18.3. The Kier molecular flexibility index (Phi) is 6.42. The van der Waals surface area contributed by atoms with Crippen molar-refractivity contribution in [3.63, 3.8) is 0 Å². The predicted octanol–water partition coefficient (Wildman–Crippen LogP) is 4.72. The van der Waals surface area contributed by atoms with E-state index in [0.717, 1.165) is 35.2 Å². The normalized spacial score (nSPS) is 20.8. The van der Waals surface area contributed by atoms with Crippen LogP contribution < -0.4 is 0 Å². The molecule has 5 nitrogen and oxygen atoms in total. The van der Waals surface area contributed by atoms with Crippen molar-refractivity contribution in [1.82, 2.24) is 0 Å². The maximum Gasteiger partial charge on any atom is 0.315 e. The van der Waals surface area contributed by atoms with Crippen molar-refractivity contribution in [1.29, 1.82) is 0 Å². The Morgan fingerprint density at radius 3 is 2.42 bits per heavy atom. The first kappa shape index (κ1) is 21.2. The number of hydrogen-bond donors (Lipinski definition) is 0. The molecule has 2 atom stereocenters. The third kappa shape index (κ3) is 4.37. The van der Waals surface area contributed by atoms with Crippen LogP contribution in [-0.2, 0) is 19.1 Å². The van der Waals surface area contributed by atoms with Gasteiger partial charge in [0.2, 0.25) is 0 Å². The molecule has 0 radical (unpaired) electrons. The Morgan fingerprint density at radius 2 is 1.71 bits per heavy atom. The van der Waals surface area contributed by atoms with Gasteiger partial charge < -0.3 is 9.47 Å². The van der Waals surface area contributed by atoms with Crippen LogP contribution in [0.2, 0.25) is 0 Å². The van der Waals surface area contributed by atoms with Crippen molar-refractivity contribution in [2.24, 2.45) is 10.9 Å². The van der Waals surface area contributed by atoms with Crippen LogP contribution in [0.15, 0.2) is 70.9 Å². The highest BCUT2D eigenvalue weighted by molar-refractivity contribution is 6.08. The van der Waals surface area contributed by atoms with Crippen LogP contribution in [0.25, 0.3) is 11.1 Å². The summed E-state index contributed by atoms with van der Waals surface area (Å²) in [4.78, 5) is 30.7. The van der Waals surface area contributed by atoms with Gasteiger partial charge in [0.05, 0.1) is 6.61 Å². The van der Waals surface area contributed by atoms with E-state index in [1.807, 2.05) is 49.4 Å². The maximum absolute atomic E-state index is 13.0. The van der Waals surface area contributed by atoms with Gasteiger partial charge in [-0.25, -0.2) is 0 Å². The van der Waals surface area contributed by atoms with Gasteiger partial charge in [0.1, 0.15) is 12.5 Å². The van der Waals surface area contributed by atoms with E-state index in [0.29, 0.717) is 24.3 Å². The van der Waals surface area contributed by atoms with E-state index in [1.54, 1.807) is 7.11 Å².